The van der Waals surface area contributed by atoms with Gasteiger partial charge in [-0.2, -0.15) is 0 Å². The molecule has 10 aliphatic rings. The zero-order valence-electron chi connectivity index (χ0n) is 16.5. The van der Waals surface area contributed by atoms with Crippen molar-refractivity contribution in [2.75, 3.05) is 0 Å². The number of hydrogen-bond donors (Lipinski definition) is 0. The van der Waals surface area contributed by atoms with E-state index < -0.39 is 0 Å². The van der Waals surface area contributed by atoms with Gasteiger partial charge in [-0.15, -0.1) is 0 Å². The van der Waals surface area contributed by atoms with Gasteiger partial charge in [-0.25, -0.2) is 0 Å². The molecule has 0 aromatic rings. The number of Topliss-reactive ketones (excluding diaryl/α,β-unsaturated/α-hetero) is 1. The minimum absolute atomic E-state index is 0.557. The summed E-state index contributed by atoms with van der Waals surface area (Å²) in [6, 6.07) is 0. The molecule has 10 rings (SSSR count). The number of ketones is 1. The Labute approximate surface area is 163 Å². The minimum atomic E-state index is 0.557. The molecule has 0 radical (unpaired) electrons. The monoisotopic (exact) mass is 362 g/mol. The van der Waals surface area contributed by atoms with Crippen molar-refractivity contribution >= 4 is 5.78 Å². The van der Waals surface area contributed by atoms with Gasteiger partial charge in [0, 0.05) is 11.8 Å². The van der Waals surface area contributed by atoms with E-state index in [4.69, 9.17) is 0 Å². The lowest BCUT2D eigenvalue weighted by Gasteiger charge is -2.58. The van der Waals surface area contributed by atoms with Crippen LogP contribution in [0.25, 0.3) is 0 Å². The second-order valence-electron chi connectivity index (χ2n) is 13.1. The molecule has 10 fully saturated rings. The van der Waals surface area contributed by atoms with E-state index >= 15 is 0 Å². The highest BCUT2D eigenvalue weighted by molar-refractivity contribution is 5.88. The van der Waals surface area contributed by atoms with E-state index in [-0.39, 0.29) is 0 Å². The molecule has 27 heavy (non-hydrogen) atoms. The molecule has 1 nitrogen and oxygen atoms in total. The molecule has 8 bridgehead atoms. The van der Waals surface area contributed by atoms with E-state index in [9.17, 15) is 4.79 Å². The summed E-state index contributed by atoms with van der Waals surface area (Å²) in [6.45, 7) is 0. The molecule has 0 heterocycles. The van der Waals surface area contributed by atoms with Crippen LogP contribution in [0.15, 0.2) is 0 Å². The molecule has 0 unspecified atom stereocenters. The average molecular weight is 363 g/mol. The molecule has 0 spiro atoms. The van der Waals surface area contributed by atoms with Crippen LogP contribution >= 0.6 is 0 Å². The summed E-state index contributed by atoms with van der Waals surface area (Å²) in [5.41, 5.74) is 0. The maximum Gasteiger partial charge on any atom is 0.140 e. The zero-order chi connectivity index (χ0) is 17.2. The summed E-state index contributed by atoms with van der Waals surface area (Å²) < 4.78 is 0. The third-order valence-corrected chi connectivity index (χ3v) is 13.3. The van der Waals surface area contributed by atoms with Gasteiger partial charge in [0.1, 0.15) is 5.78 Å². The molecule has 1 heteroatoms. The van der Waals surface area contributed by atoms with Crippen LogP contribution in [0.3, 0.4) is 0 Å². The largest absolute Gasteiger partial charge is 0.299 e. The molecular formula is C26H34O. The molecule has 0 N–H and O–H groups in total. The van der Waals surface area contributed by atoms with Crippen molar-refractivity contribution in [3.8, 4) is 0 Å². The first kappa shape index (κ1) is 14.6. The lowest BCUT2D eigenvalue weighted by Crippen LogP contribution is -2.54. The van der Waals surface area contributed by atoms with Gasteiger partial charge in [0.2, 0.25) is 0 Å². The SMILES string of the molecule is O=C1[C@@H]2[C@H]3CC[C@H]([C@H]4[C@@H]5CC[C@H](C5)[C@H]34)[C@@H]2[C@H]2[C@@H]3C[C@@H]([C@H]12)[C@H]1[C@@H]2CC[C@H](C2)[C@H]31. The minimum Gasteiger partial charge on any atom is -0.299 e. The fourth-order valence-electron chi connectivity index (χ4n) is 13.5. The van der Waals surface area contributed by atoms with Crippen LogP contribution in [0.5, 0.6) is 0 Å². The van der Waals surface area contributed by atoms with Crippen molar-refractivity contribution in [3.05, 3.63) is 0 Å². The molecular weight excluding hydrogens is 328 g/mol. The standard InChI is InChI=1S/C26H34O/c27-26-24-15-6-5-14(18-10-1-2-11(7-10)19(15)18)22(24)23-16-9-17(25(23)26)21-13-4-3-12(8-13)20(16)21/h10-25H,1-9H2/t10-,11-,12-,13-,14-,15+,16-,17-,18-,19-,20-,21-,22-,23-,24-,25+/m1/s1. The van der Waals surface area contributed by atoms with Gasteiger partial charge in [-0.05, 0) is 141 Å². The molecule has 10 aliphatic carbocycles. The predicted molar refractivity (Wildman–Crippen MR) is 102 cm³/mol. The molecule has 0 aromatic carbocycles. The lowest BCUT2D eigenvalue weighted by atomic mass is 9.46. The van der Waals surface area contributed by atoms with Crippen LogP contribution in [0.1, 0.15) is 57.8 Å². The van der Waals surface area contributed by atoms with E-state index in [1.165, 1.54) is 32.1 Å². The quantitative estimate of drug-likeness (QED) is 0.551. The molecule has 144 valence electrons. The van der Waals surface area contributed by atoms with Crippen molar-refractivity contribution in [1.29, 1.82) is 0 Å². The first-order valence-corrected chi connectivity index (χ1v) is 12.8. The molecule has 0 aromatic heterocycles. The van der Waals surface area contributed by atoms with E-state index in [0.717, 1.165) is 88.6 Å². The first-order chi connectivity index (χ1) is 13.3. The summed E-state index contributed by atoms with van der Waals surface area (Å²) in [6.07, 6.45) is 13.7. The maximum absolute atomic E-state index is 14.0. The molecule has 0 saturated heterocycles. The van der Waals surface area contributed by atoms with Crippen molar-refractivity contribution in [3.63, 3.8) is 0 Å². The summed E-state index contributed by atoms with van der Waals surface area (Å²) in [7, 11) is 0. The highest BCUT2D eigenvalue weighted by Crippen LogP contribution is 2.78. The number of hydrogen-bond acceptors (Lipinski definition) is 1. The number of carbonyl (C=O) groups is 1. The average Bonchev–Trinajstić information content (AvgIpc) is 3.51. The van der Waals surface area contributed by atoms with Gasteiger partial charge in [-0.1, -0.05) is 0 Å². The van der Waals surface area contributed by atoms with Crippen LogP contribution in [0.4, 0.5) is 0 Å². The fourth-order valence-corrected chi connectivity index (χ4v) is 13.5. The highest BCUT2D eigenvalue weighted by atomic mass is 16.1. The lowest BCUT2D eigenvalue weighted by molar-refractivity contribution is -0.140. The van der Waals surface area contributed by atoms with E-state index in [0.29, 0.717) is 11.8 Å². The van der Waals surface area contributed by atoms with E-state index in [1.807, 2.05) is 0 Å². The second-order valence-corrected chi connectivity index (χ2v) is 13.1. The predicted octanol–water partition coefficient (Wildman–Crippen LogP) is 5.05. The Balaban J connectivity index is 1.17. The number of fused-ring (bicyclic) bond motifs is 15. The van der Waals surface area contributed by atoms with E-state index in [2.05, 4.69) is 0 Å². The van der Waals surface area contributed by atoms with Gasteiger partial charge < -0.3 is 0 Å². The topological polar surface area (TPSA) is 17.1 Å². The Morgan fingerprint density at radius 2 is 0.926 bits per heavy atom. The number of carbonyl (C=O) groups excluding carboxylic acids is 1. The van der Waals surface area contributed by atoms with Gasteiger partial charge in [0.15, 0.2) is 0 Å². The van der Waals surface area contributed by atoms with Crippen molar-refractivity contribution in [1.82, 2.24) is 0 Å². The summed E-state index contributed by atoms with van der Waals surface area (Å²) >= 11 is 0. The van der Waals surface area contributed by atoms with Crippen LogP contribution < -0.4 is 0 Å². The van der Waals surface area contributed by atoms with Crippen LogP contribution in [0, 0.1) is 94.7 Å². The normalized spacial score (nSPS) is 73.4. The Kier molecular flexibility index (Phi) is 2.38. The van der Waals surface area contributed by atoms with Gasteiger partial charge in [0.25, 0.3) is 0 Å². The maximum atomic E-state index is 14.0. The first-order valence-electron chi connectivity index (χ1n) is 12.8. The molecule has 16 atom stereocenters. The smallest absolute Gasteiger partial charge is 0.140 e. The van der Waals surface area contributed by atoms with Gasteiger partial charge in [0.05, 0.1) is 0 Å². The van der Waals surface area contributed by atoms with Crippen LogP contribution in [-0.2, 0) is 4.79 Å². The Morgan fingerprint density at radius 1 is 0.444 bits per heavy atom. The second kappa shape index (κ2) is 4.39. The molecule has 10 saturated carbocycles. The van der Waals surface area contributed by atoms with Gasteiger partial charge in [-0.3, -0.25) is 4.79 Å². The third kappa shape index (κ3) is 1.36. The third-order valence-electron chi connectivity index (χ3n) is 13.3. The summed E-state index contributed by atoms with van der Waals surface area (Å²) in [5.74, 6) is 15.8. The molecule has 0 amide bonds. The highest BCUT2D eigenvalue weighted by Gasteiger charge is 2.76. The van der Waals surface area contributed by atoms with E-state index in [1.54, 1.807) is 25.7 Å². The van der Waals surface area contributed by atoms with Crippen molar-refractivity contribution < 1.29 is 4.79 Å². The van der Waals surface area contributed by atoms with Crippen molar-refractivity contribution in [2.24, 2.45) is 94.7 Å². The Hall–Kier alpha value is -0.330. The Bertz CT molecular complexity index is 755. The van der Waals surface area contributed by atoms with Crippen molar-refractivity contribution in [2.45, 2.75) is 57.8 Å². The Morgan fingerprint density at radius 3 is 1.63 bits per heavy atom. The molecule has 0 aliphatic heterocycles. The van der Waals surface area contributed by atoms with Crippen LogP contribution in [0.2, 0.25) is 0 Å². The van der Waals surface area contributed by atoms with Gasteiger partial charge >= 0.3 is 0 Å². The fraction of sp³-hybridized carbons (Fsp3) is 0.962. The number of rotatable bonds is 0. The zero-order valence-corrected chi connectivity index (χ0v) is 16.5. The van der Waals surface area contributed by atoms with Crippen LogP contribution in [-0.4, -0.2) is 5.78 Å². The summed E-state index contributed by atoms with van der Waals surface area (Å²) in [5, 5.41) is 0. The summed E-state index contributed by atoms with van der Waals surface area (Å²) in [4.78, 5) is 14.0.